The van der Waals surface area contributed by atoms with Crippen LogP contribution in [0.1, 0.15) is 24.5 Å². The van der Waals surface area contributed by atoms with Gasteiger partial charge in [-0.15, -0.1) is 0 Å². The molecule has 0 aliphatic rings. The number of aliphatic carboxylic acids is 2. The smallest absolute Gasteiger partial charge is 0.320 e. The number of nitrogens with zero attached hydrogens (tertiary/aromatic N) is 1. The Balaban J connectivity index is 2.85. The van der Waals surface area contributed by atoms with Crippen LogP contribution in [0.4, 0.5) is 0 Å². The van der Waals surface area contributed by atoms with Crippen LogP contribution in [-0.2, 0) is 9.59 Å². The summed E-state index contributed by atoms with van der Waals surface area (Å²) in [6.07, 6.45) is 1.74. The zero-order valence-corrected chi connectivity index (χ0v) is 10.3. The molecule has 6 N–H and O–H groups in total. The Bertz CT molecular complexity index is 416. The van der Waals surface area contributed by atoms with E-state index in [2.05, 4.69) is 4.98 Å². The maximum atomic E-state index is 10.8. The van der Waals surface area contributed by atoms with Gasteiger partial charge in [0.05, 0.1) is 0 Å². The van der Waals surface area contributed by atoms with E-state index in [-0.39, 0.29) is 12.8 Å². The maximum Gasteiger partial charge on any atom is 0.320 e. The number of rotatable bonds is 7. The highest BCUT2D eigenvalue weighted by Crippen LogP contribution is 2.24. The van der Waals surface area contributed by atoms with Gasteiger partial charge in [-0.2, -0.15) is 0 Å². The van der Waals surface area contributed by atoms with E-state index in [4.69, 9.17) is 21.7 Å². The third-order valence-electron chi connectivity index (χ3n) is 2.82. The highest BCUT2D eigenvalue weighted by Gasteiger charge is 2.25. The zero-order valence-electron chi connectivity index (χ0n) is 10.3. The monoisotopic (exact) mass is 267 g/mol. The summed E-state index contributed by atoms with van der Waals surface area (Å²) >= 11 is 0. The molecule has 1 aromatic heterocycles. The first-order chi connectivity index (χ1) is 8.91. The second kappa shape index (κ2) is 6.81. The van der Waals surface area contributed by atoms with Crippen molar-refractivity contribution in [3.8, 4) is 0 Å². The molecule has 0 amide bonds. The van der Waals surface area contributed by atoms with E-state index in [0.717, 1.165) is 0 Å². The van der Waals surface area contributed by atoms with Gasteiger partial charge in [0.15, 0.2) is 0 Å². The van der Waals surface area contributed by atoms with Gasteiger partial charge in [-0.25, -0.2) is 0 Å². The molecular weight excluding hydrogens is 250 g/mol. The van der Waals surface area contributed by atoms with E-state index in [1.807, 2.05) is 0 Å². The summed E-state index contributed by atoms with van der Waals surface area (Å²) in [5.74, 6) is -2.67. The van der Waals surface area contributed by atoms with E-state index < -0.39 is 29.9 Å². The minimum Gasteiger partial charge on any atom is -0.480 e. The van der Waals surface area contributed by atoms with E-state index in [9.17, 15) is 9.59 Å². The molecular formula is C12H17N3O4. The van der Waals surface area contributed by atoms with Crippen LogP contribution in [0.15, 0.2) is 24.4 Å². The van der Waals surface area contributed by atoms with Crippen molar-refractivity contribution in [1.29, 1.82) is 0 Å². The molecule has 7 nitrogen and oxygen atoms in total. The summed E-state index contributed by atoms with van der Waals surface area (Å²) < 4.78 is 0. The average molecular weight is 267 g/mol. The van der Waals surface area contributed by atoms with Gasteiger partial charge >= 0.3 is 11.9 Å². The Morgan fingerprint density at radius 2 is 1.63 bits per heavy atom. The van der Waals surface area contributed by atoms with Crippen molar-refractivity contribution in [1.82, 2.24) is 4.98 Å². The van der Waals surface area contributed by atoms with Crippen LogP contribution >= 0.6 is 0 Å². The molecule has 19 heavy (non-hydrogen) atoms. The molecule has 7 heteroatoms. The number of carbonyl (C=O) groups is 2. The van der Waals surface area contributed by atoms with Gasteiger partial charge in [-0.1, -0.05) is 6.07 Å². The van der Waals surface area contributed by atoms with Gasteiger partial charge in [0.1, 0.15) is 12.1 Å². The first kappa shape index (κ1) is 15.1. The second-order valence-corrected chi connectivity index (χ2v) is 4.31. The van der Waals surface area contributed by atoms with Crippen molar-refractivity contribution in [3.63, 3.8) is 0 Å². The standard InChI is InChI=1S/C12H17N3O4/c13-8(11(16)17)5-7(6-9(14)12(18)19)10-3-1-2-4-15-10/h1-4,7-9H,5-6,13-14H2,(H,16,17)(H,18,19). The van der Waals surface area contributed by atoms with Crippen molar-refractivity contribution in [2.75, 3.05) is 0 Å². The molecule has 0 bridgehead atoms. The quantitative estimate of drug-likeness (QED) is 0.535. The largest absolute Gasteiger partial charge is 0.480 e. The molecule has 0 saturated heterocycles. The van der Waals surface area contributed by atoms with E-state index >= 15 is 0 Å². The van der Waals surface area contributed by atoms with Gasteiger partial charge in [0.2, 0.25) is 0 Å². The Kier molecular flexibility index (Phi) is 5.40. The molecule has 1 rings (SSSR count). The minimum absolute atomic E-state index is 0.0906. The van der Waals surface area contributed by atoms with Crippen LogP contribution in [-0.4, -0.2) is 39.2 Å². The van der Waals surface area contributed by atoms with Crippen LogP contribution in [0.3, 0.4) is 0 Å². The molecule has 0 spiro atoms. The molecule has 104 valence electrons. The zero-order chi connectivity index (χ0) is 14.4. The third-order valence-corrected chi connectivity index (χ3v) is 2.82. The Morgan fingerprint density at radius 3 is 2.00 bits per heavy atom. The number of carboxylic acid groups (broad SMARTS) is 2. The predicted octanol–water partition coefficient (Wildman–Crippen LogP) is -0.231. The molecule has 0 aliphatic heterocycles. The molecule has 0 aliphatic carbocycles. The summed E-state index contributed by atoms with van der Waals surface area (Å²) in [6.45, 7) is 0. The first-order valence-electron chi connectivity index (χ1n) is 5.79. The molecule has 1 heterocycles. The number of hydrogen-bond acceptors (Lipinski definition) is 5. The lowest BCUT2D eigenvalue weighted by Crippen LogP contribution is -2.36. The van der Waals surface area contributed by atoms with Crippen LogP contribution < -0.4 is 11.5 Å². The van der Waals surface area contributed by atoms with Crippen molar-refractivity contribution in [2.45, 2.75) is 30.8 Å². The number of carboxylic acids is 2. The lowest BCUT2D eigenvalue weighted by Gasteiger charge is -2.20. The SMILES string of the molecule is NC(CC(CC(N)C(=O)O)c1ccccn1)C(=O)O. The average Bonchev–Trinajstić information content (AvgIpc) is 2.38. The van der Waals surface area contributed by atoms with Crippen LogP contribution in [0.5, 0.6) is 0 Å². The Hall–Kier alpha value is -1.99. The fourth-order valence-corrected chi connectivity index (χ4v) is 1.77. The van der Waals surface area contributed by atoms with Crippen molar-refractivity contribution in [2.24, 2.45) is 11.5 Å². The fraction of sp³-hybridized carbons (Fsp3) is 0.417. The van der Waals surface area contributed by atoms with E-state index in [0.29, 0.717) is 5.69 Å². The first-order valence-corrected chi connectivity index (χ1v) is 5.79. The molecule has 2 unspecified atom stereocenters. The molecule has 2 atom stereocenters. The van der Waals surface area contributed by atoms with Crippen molar-refractivity contribution >= 4 is 11.9 Å². The summed E-state index contributed by atoms with van der Waals surface area (Å²) in [6, 6.07) is 3.01. The lowest BCUT2D eigenvalue weighted by molar-refractivity contribution is -0.139. The molecule has 0 fully saturated rings. The van der Waals surface area contributed by atoms with Crippen LogP contribution in [0, 0.1) is 0 Å². The van der Waals surface area contributed by atoms with Crippen LogP contribution in [0.2, 0.25) is 0 Å². The highest BCUT2D eigenvalue weighted by molar-refractivity contribution is 5.74. The number of hydrogen-bond donors (Lipinski definition) is 4. The van der Waals surface area contributed by atoms with Crippen molar-refractivity contribution < 1.29 is 19.8 Å². The molecule has 1 aromatic rings. The number of nitrogens with two attached hydrogens (primary N) is 2. The summed E-state index contributed by atoms with van der Waals surface area (Å²) in [4.78, 5) is 25.7. The second-order valence-electron chi connectivity index (χ2n) is 4.31. The number of aromatic nitrogens is 1. The number of pyridine rings is 1. The Labute approximate surface area is 110 Å². The van der Waals surface area contributed by atoms with Gasteiger partial charge in [-0.05, 0) is 25.0 Å². The summed E-state index contributed by atoms with van der Waals surface area (Å²) in [5, 5.41) is 17.7. The maximum absolute atomic E-state index is 10.8. The normalized spacial score (nSPS) is 15.5. The lowest BCUT2D eigenvalue weighted by atomic mass is 9.90. The summed E-state index contributed by atoms with van der Waals surface area (Å²) in [7, 11) is 0. The molecule has 0 aromatic carbocycles. The van der Waals surface area contributed by atoms with Crippen LogP contribution in [0.25, 0.3) is 0 Å². The predicted molar refractivity (Wildman–Crippen MR) is 67.4 cm³/mol. The fourth-order valence-electron chi connectivity index (χ4n) is 1.77. The van der Waals surface area contributed by atoms with Crippen molar-refractivity contribution in [3.05, 3.63) is 30.1 Å². The molecule has 0 saturated carbocycles. The minimum atomic E-state index is -1.13. The third kappa shape index (κ3) is 4.65. The highest BCUT2D eigenvalue weighted by atomic mass is 16.4. The van der Waals surface area contributed by atoms with Gasteiger partial charge < -0.3 is 21.7 Å². The topological polar surface area (TPSA) is 140 Å². The van der Waals surface area contributed by atoms with E-state index in [1.165, 1.54) is 0 Å². The molecule has 0 radical (unpaired) electrons. The van der Waals surface area contributed by atoms with Gasteiger partial charge in [0, 0.05) is 17.8 Å². The van der Waals surface area contributed by atoms with Gasteiger partial charge in [0.25, 0.3) is 0 Å². The Morgan fingerprint density at radius 1 is 1.11 bits per heavy atom. The van der Waals surface area contributed by atoms with Gasteiger partial charge in [-0.3, -0.25) is 14.6 Å². The summed E-state index contributed by atoms with van der Waals surface area (Å²) in [5.41, 5.74) is 11.6. The van der Waals surface area contributed by atoms with E-state index in [1.54, 1.807) is 24.4 Å².